The summed E-state index contributed by atoms with van der Waals surface area (Å²) >= 11 is 0. The van der Waals surface area contributed by atoms with E-state index in [0.717, 1.165) is 11.4 Å². The third-order valence-electron chi connectivity index (χ3n) is 3.19. The zero-order valence-corrected chi connectivity index (χ0v) is 8.66. The van der Waals surface area contributed by atoms with Crippen LogP contribution >= 0.6 is 0 Å². The lowest BCUT2D eigenvalue weighted by Gasteiger charge is -2.07. The maximum Gasteiger partial charge on any atom is 0.0653 e. The van der Waals surface area contributed by atoms with E-state index in [1.807, 2.05) is 6.20 Å². The summed E-state index contributed by atoms with van der Waals surface area (Å²) in [5.74, 6) is 0.811. The number of fused-ring (bicyclic) bond motifs is 1. The molecule has 3 heteroatoms. The molecule has 0 spiro atoms. The van der Waals surface area contributed by atoms with Gasteiger partial charge in [0.25, 0.3) is 0 Å². The first-order chi connectivity index (χ1) is 7.42. The van der Waals surface area contributed by atoms with Crippen LogP contribution in [0.1, 0.15) is 12.0 Å². The molecule has 15 heavy (non-hydrogen) atoms. The molecule has 2 N–H and O–H groups in total. The molecule has 0 amide bonds. The van der Waals surface area contributed by atoms with Gasteiger partial charge in [-0.1, -0.05) is 12.1 Å². The molecule has 3 rings (SSSR count). The van der Waals surface area contributed by atoms with Crippen LogP contribution < -0.4 is 5.32 Å². The van der Waals surface area contributed by atoms with Gasteiger partial charge in [-0.3, -0.25) is 5.10 Å². The third-order valence-corrected chi connectivity index (χ3v) is 3.19. The van der Waals surface area contributed by atoms with Crippen LogP contribution in [0.2, 0.25) is 0 Å². The van der Waals surface area contributed by atoms with Gasteiger partial charge in [-0.05, 0) is 43.5 Å². The van der Waals surface area contributed by atoms with Crippen molar-refractivity contribution >= 4 is 10.9 Å². The molecule has 3 nitrogen and oxygen atoms in total. The standard InChI is InChI=1S/C12H15N3/c1-2-11-8-14-15-12(11)6-9(1)5-10-3-4-13-7-10/h1-2,6,8,10,13H,3-5,7H2,(H,14,15). The van der Waals surface area contributed by atoms with E-state index in [2.05, 4.69) is 33.7 Å². The summed E-state index contributed by atoms with van der Waals surface area (Å²) in [5.41, 5.74) is 2.57. The lowest BCUT2D eigenvalue weighted by Crippen LogP contribution is -2.10. The van der Waals surface area contributed by atoms with E-state index >= 15 is 0 Å². The Morgan fingerprint density at radius 1 is 1.40 bits per heavy atom. The summed E-state index contributed by atoms with van der Waals surface area (Å²) in [7, 11) is 0. The van der Waals surface area contributed by atoms with E-state index in [-0.39, 0.29) is 0 Å². The van der Waals surface area contributed by atoms with Gasteiger partial charge in [0, 0.05) is 5.39 Å². The molecule has 2 heterocycles. The molecule has 1 aliphatic heterocycles. The van der Waals surface area contributed by atoms with E-state index in [1.165, 1.54) is 36.9 Å². The summed E-state index contributed by atoms with van der Waals surface area (Å²) in [5, 5.41) is 11.7. The van der Waals surface area contributed by atoms with Crippen molar-refractivity contribution in [1.29, 1.82) is 0 Å². The Bertz CT molecular complexity index is 455. The van der Waals surface area contributed by atoms with E-state index in [9.17, 15) is 0 Å². The van der Waals surface area contributed by atoms with Gasteiger partial charge in [0.15, 0.2) is 0 Å². The molecule has 1 unspecified atom stereocenters. The quantitative estimate of drug-likeness (QED) is 0.776. The second-order valence-electron chi connectivity index (χ2n) is 4.35. The van der Waals surface area contributed by atoms with E-state index in [1.54, 1.807) is 0 Å². The smallest absolute Gasteiger partial charge is 0.0653 e. The van der Waals surface area contributed by atoms with Crippen molar-refractivity contribution in [3.63, 3.8) is 0 Å². The number of aromatic amines is 1. The maximum absolute atomic E-state index is 4.04. The van der Waals surface area contributed by atoms with E-state index < -0.39 is 0 Å². The summed E-state index contributed by atoms with van der Waals surface area (Å²) in [6.07, 6.45) is 4.36. The van der Waals surface area contributed by atoms with Crippen molar-refractivity contribution in [1.82, 2.24) is 15.5 Å². The van der Waals surface area contributed by atoms with Crippen molar-refractivity contribution in [2.75, 3.05) is 13.1 Å². The fraction of sp³-hybridized carbons (Fsp3) is 0.417. The number of benzene rings is 1. The van der Waals surface area contributed by atoms with Crippen molar-refractivity contribution in [2.45, 2.75) is 12.8 Å². The SMILES string of the molecule is c1cc2cn[nH]c2cc1CC1CCNC1. The largest absolute Gasteiger partial charge is 0.316 e. The number of nitrogens with one attached hydrogen (secondary N) is 2. The zero-order chi connectivity index (χ0) is 10.1. The van der Waals surface area contributed by atoms with Crippen LogP contribution in [-0.2, 0) is 6.42 Å². The molecule has 2 aromatic rings. The molecular formula is C12H15N3. The Morgan fingerprint density at radius 2 is 2.40 bits per heavy atom. The molecule has 0 aliphatic carbocycles. The summed E-state index contributed by atoms with van der Waals surface area (Å²) in [4.78, 5) is 0. The predicted molar refractivity (Wildman–Crippen MR) is 60.8 cm³/mol. The van der Waals surface area contributed by atoms with Crippen LogP contribution in [0.25, 0.3) is 10.9 Å². The summed E-state index contributed by atoms with van der Waals surface area (Å²) in [6, 6.07) is 6.59. The summed E-state index contributed by atoms with van der Waals surface area (Å²) in [6.45, 7) is 2.35. The molecule has 1 aromatic carbocycles. The number of H-pyrrole nitrogens is 1. The van der Waals surface area contributed by atoms with Crippen molar-refractivity contribution in [2.24, 2.45) is 5.92 Å². The Balaban J connectivity index is 1.84. The first-order valence-electron chi connectivity index (χ1n) is 5.54. The first kappa shape index (κ1) is 8.92. The van der Waals surface area contributed by atoms with Crippen LogP contribution in [0.4, 0.5) is 0 Å². The van der Waals surface area contributed by atoms with Crippen molar-refractivity contribution in [3.8, 4) is 0 Å². The first-order valence-corrected chi connectivity index (χ1v) is 5.54. The Hall–Kier alpha value is -1.35. The Morgan fingerprint density at radius 3 is 3.27 bits per heavy atom. The molecule has 1 saturated heterocycles. The van der Waals surface area contributed by atoms with Crippen LogP contribution in [-0.4, -0.2) is 23.3 Å². The van der Waals surface area contributed by atoms with Gasteiger partial charge in [0.05, 0.1) is 11.7 Å². The molecule has 0 saturated carbocycles. The number of hydrogen-bond donors (Lipinski definition) is 2. The minimum atomic E-state index is 0.811. The molecule has 0 bridgehead atoms. The molecule has 1 atom stereocenters. The van der Waals surface area contributed by atoms with Crippen molar-refractivity contribution in [3.05, 3.63) is 30.0 Å². The molecule has 0 radical (unpaired) electrons. The highest BCUT2D eigenvalue weighted by molar-refractivity contribution is 5.78. The third kappa shape index (κ3) is 1.75. The highest BCUT2D eigenvalue weighted by atomic mass is 15.1. The highest BCUT2D eigenvalue weighted by Gasteiger charge is 2.14. The number of aromatic nitrogens is 2. The monoisotopic (exact) mass is 201 g/mol. The van der Waals surface area contributed by atoms with Crippen LogP contribution in [0, 0.1) is 5.92 Å². The zero-order valence-electron chi connectivity index (χ0n) is 8.66. The second-order valence-corrected chi connectivity index (χ2v) is 4.35. The average Bonchev–Trinajstić information content (AvgIpc) is 2.87. The van der Waals surface area contributed by atoms with E-state index in [0.29, 0.717) is 0 Å². The topological polar surface area (TPSA) is 40.7 Å². The second kappa shape index (κ2) is 3.66. The average molecular weight is 201 g/mol. The maximum atomic E-state index is 4.04. The van der Waals surface area contributed by atoms with E-state index in [4.69, 9.17) is 0 Å². The van der Waals surface area contributed by atoms with Gasteiger partial charge in [-0.25, -0.2) is 0 Å². The number of hydrogen-bond acceptors (Lipinski definition) is 2. The lowest BCUT2D eigenvalue weighted by atomic mass is 9.98. The lowest BCUT2D eigenvalue weighted by molar-refractivity contribution is 0.580. The minimum Gasteiger partial charge on any atom is -0.316 e. The minimum absolute atomic E-state index is 0.811. The predicted octanol–water partition coefficient (Wildman–Crippen LogP) is 1.71. The Kier molecular flexibility index (Phi) is 2.18. The number of rotatable bonds is 2. The fourth-order valence-corrected chi connectivity index (χ4v) is 2.33. The van der Waals surface area contributed by atoms with Gasteiger partial charge in [0.2, 0.25) is 0 Å². The van der Waals surface area contributed by atoms with Gasteiger partial charge in [-0.2, -0.15) is 5.10 Å². The highest BCUT2D eigenvalue weighted by Crippen LogP contribution is 2.18. The van der Waals surface area contributed by atoms with Crippen molar-refractivity contribution < 1.29 is 0 Å². The van der Waals surface area contributed by atoms with Gasteiger partial charge in [-0.15, -0.1) is 0 Å². The summed E-state index contributed by atoms with van der Waals surface area (Å²) < 4.78 is 0. The molecular weight excluding hydrogens is 186 g/mol. The molecule has 1 fully saturated rings. The molecule has 78 valence electrons. The van der Waals surface area contributed by atoms with Gasteiger partial charge < -0.3 is 5.32 Å². The number of nitrogens with zero attached hydrogens (tertiary/aromatic N) is 1. The normalized spacial score (nSPS) is 21.2. The molecule has 1 aliphatic rings. The van der Waals surface area contributed by atoms with Gasteiger partial charge in [0.1, 0.15) is 0 Å². The van der Waals surface area contributed by atoms with Crippen LogP contribution in [0.3, 0.4) is 0 Å². The fourth-order valence-electron chi connectivity index (χ4n) is 2.33. The Labute approximate surface area is 88.9 Å². The van der Waals surface area contributed by atoms with Gasteiger partial charge >= 0.3 is 0 Å². The van der Waals surface area contributed by atoms with Crippen LogP contribution in [0.15, 0.2) is 24.4 Å². The van der Waals surface area contributed by atoms with Crippen LogP contribution in [0.5, 0.6) is 0 Å². The molecule has 1 aromatic heterocycles.